The molecule has 1 heterocycles. The number of carbonyl (C=O) groups is 2. The summed E-state index contributed by atoms with van der Waals surface area (Å²) in [7, 11) is -2.92. The Bertz CT molecular complexity index is 474. The SMILES string of the molecule is O=C(O)CCCCCCCCCCCCCCC(=O)N1CC[C@H](O[PH](=O)O)C1. The van der Waals surface area contributed by atoms with E-state index < -0.39 is 14.2 Å². The van der Waals surface area contributed by atoms with Gasteiger partial charge in [-0.15, -0.1) is 0 Å². The summed E-state index contributed by atoms with van der Waals surface area (Å²) >= 11 is 0. The van der Waals surface area contributed by atoms with Gasteiger partial charge in [-0.2, -0.15) is 0 Å². The standard InChI is InChI=1S/C20H38NO6P/c22-19(21-16-15-18(17-21)27-28(25)26)13-11-9-7-5-3-1-2-4-6-8-10-12-14-20(23)24/h18,28H,1-17H2,(H,23,24)(H,25,26)/t18-/m0/s1. The summed E-state index contributed by atoms with van der Waals surface area (Å²) < 4.78 is 15.6. The lowest BCUT2D eigenvalue weighted by atomic mass is 10.0. The van der Waals surface area contributed by atoms with Crippen LogP contribution in [0.4, 0.5) is 0 Å². The fourth-order valence-electron chi connectivity index (χ4n) is 3.67. The molecule has 0 bridgehead atoms. The Hall–Kier alpha value is -0.910. The number of nitrogens with zero attached hydrogens (tertiary/aromatic N) is 1. The summed E-state index contributed by atoms with van der Waals surface area (Å²) in [5, 5.41) is 8.56. The van der Waals surface area contributed by atoms with Crippen LogP contribution in [0.3, 0.4) is 0 Å². The first-order chi connectivity index (χ1) is 13.5. The molecule has 0 aromatic rings. The number of carboxylic acids is 1. The van der Waals surface area contributed by atoms with Crippen molar-refractivity contribution < 1.29 is 28.7 Å². The minimum absolute atomic E-state index is 0.132. The summed E-state index contributed by atoms with van der Waals surface area (Å²) in [5.74, 6) is -0.562. The van der Waals surface area contributed by atoms with Crippen LogP contribution < -0.4 is 0 Å². The normalized spacial score (nSPS) is 17.8. The molecule has 1 unspecified atom stereocenters. The molecular weight excluding hydrogens is 381 g/mol. The molecule has 1 rings (SSSR count). The van der Waals surface area contributed by atoms with Crippen molar-refractivity contribution in [1.82, 2.24) is 4.90 Å². The molecule has 0 aliphatic carbocycles. The third kappa shape index (κ3) is 13.3. The molecule has 8 heteroatoms. The molecule has 164 valence electrons. The molecule has 1 amide bonds. The molecule has 0 aromatic heterocycles. The van der Waals surface area contributed by atoms with Crippen LogP contribution in [0.1, 0.15) is 96.3 Å². The molecule has 0 aromatic carbocycles. The number of aliphatic carboxylic acids is 1. The van der Waals surface area contributed by atoms with Crippen LogP contribution >= 0.6 is 8.25 Å². The minimum Gasteiger partial charge on any atom is -0.481 e. The number of likely N-dealkylation sites (tertiary alicyclic amines) is 1. The van der Waals surface area contributed by atoms with Gasteiger partial charge in [-0.25, -0.2) is 0 Å². The first-order valence-electron chi connectivity index (χ1n) is 10.9. The summed E-state index contributed by atoms with van der Waals surface area (Å²) in [6, 6.07) is 0. The number of unbranched alkanes of at least 4 members (excludes halogenated alkanes) is 11. The van der Waals surface area contributed by atoms with Crippen molar-refractivity contribution in [2.24, 2.45) is 0 Å². The van der Waals surface area contributed by atoms with E-state index in [4.69, 9.17) is 14.5 Å². The topological polar surface area (TPSA) is 104 Å². The van der Waals surface area contributed by atoms with Crippen molar-refractivity contribution in [2.45, 2.75) is 102 Å². The Balaban J connectivity index is 1.83. The zero-order valence-electron chi connectivity index (χ0n) is 17.1. The fraction of sp³-hybridized carbons (Fsp3) is 0.900. The number of rotatable bonds is 17. The van der Waals surface area contributed by atoms with Gasteiger partial charge in [-0.05, 0) is 19.3 Å². The molecule has 1 fully saturated rings. The van der Waals surface area contributed by atoms with E-state index in [0.717, 1.165) is 32.1 Å². The molecule has 2 atom stereocenters. The highest BCUT2D eigenvalue weighted by atomic mass is 31.1. The highest BCUT2D eigenvalue weighted by molar-refractivity contribution is 7.32. The molecule has 2 N–H and O–H groups in total. The van der Waals surface area contributed by atoms with Crippen LogP contribution in [0.25, 0.3) is 0 Å². The van der Waals surface area contributed by atoms with Crippen molar-refractivity contribution in [3.63, 3.8) is 0 Å². The largest absolute Gasteiger partial charge is 0.481 e. The first-order valence-corrected chi connectivity index (χ1v) is 12.1. The fourth-order valence-corrected chi connectivity index (χ4v) is 4.15. The predicted octanol–water partition coefficient (Wildman–Crippen LogP) is 4.53. The van der Waals surface area contributed by atoms with Gasteiger partial charge >= 0.3 is 14.2 Å². The van der Waals surface area contributed by atoms with Crippen molar-refractivity contribution >= 4 is 20.1 Å². The molecule has 7 nitrogen and oxygen atoms in total. The number of amides is 1. The van der Waals surface area contributed by atoms with E-state index in [2.05, 4.69) is 0 Å². The molecular formula is C20H38NO6P. The van der Waals surface area contributed by atoms with Crippen LogP contribution in [0.5, 0.6) is 0 Å². The summed E-state index contributed by atoms with van der Waals surface area (Å²) in [6.45, 7) is 1.06. The van der Waals surface area contributed by atoms with Crippen molar-refractivity contribution in [3.8, 4) is 0 Å². The van der Waals surface area contributed by atoms with E-state index in [1.165, 1.54) is 44.9 Å². The van der Waals surface area contributed by atoms with Crippen LogP contribution in [0.15, 0.2) is 0 Å². The van der Waals surface area contributed by atoms with E-state index in [-0.39, 0.29) is 12.0 Å². The lowest BCUT2D eigenvalue weighted by Gasteiger charge is -2.16. The Kier molecular flexibility index (Phi) is 14.3. The van der Waals surface area contributed by atoms with Crippen molar-refractivity contribution in [2.75, 3.05) is 13.1 Å². The summed E-state index contributed by atoms with van der Waals surface area (Å²) in [5.41, 5.74) is 0. The van der Waals surface area contributed by atoms with Gasteiger partial charge in [0.05, 0.1) is 6.10 Å². The van der Waals surface area contributed by atoms with Crippen LogP contribution in [-0.4, -0.2) is 46.0 Å². The van der Waals surface area contributed by atoms with Gasteiger partial charge in [0, 0.05) is 25.9 Å². The van der Waals surface area contributed by atoms with Crippen molar-refractivity contribution in [1.29, 1.82) is 0 Å². The zero-order chi connectivity index (χ0) is 20.6. The summed E-state index contributed by atoms with van der Waals surface area (Å²) in [4.78, 5) is 33.1. The maximum Gasteiger partial charge on any atom is 0.316 e. The molecule has 1 saturated heterocycles. The second kappa shape index (κ2) is 15.9. The quantitative estimate of drug-likeness (QED) is 0.265. The molecule has 0 saturated carbocycles. The maximum atomic E-state index is 12.1. The van der Waals surface area contributed by atoms with E-state index in [1.807, 2.05) is 0 Å². The van der Waals surface area contributed by atoms with Crippen LogP contribution in [0, 0.1) is 0 Å². The number of carboxylic acid groups (broad SMARTS) is 1. The molecule has 1 aliphatic rings. The van der Waals surface area contributed by atoms with E-state index >= 15 is 0 Å². The lowest BCUT2D eigenvalue weighted by molar-refractivity contribution is -0.137. The molecule has 0 spiro atoms. The predicted molar refractivity (Wildman–Crippen MR) is 110 cm³/mol. The maximum absolute atomic E-state index is 12.1. The van der Waals surface area contributed by atoms with E-state index in [9.17, 15) is 14.2 Å². The second-order valence-corrected chi connectivity index (χ2v) is 8.54. The smallest absolute Gasteiger partial charge is 0.316 e. The first kappa shape index (κ1) is 25.1. The van der Waals surface area contributed by atoms with Gasteiger partial charge in [0.1, 0.15) is 0 Å². The van der Waals surface area contributed by atoms with Gasteiger partial charge in [0.2, 0.25) is 5.91 Å². The average Bonchev–Trinajstić information content (AvgIpc) is 3.09. The number of hydrogen-bond donors (Lipinski definition) is 2. The second-order valence-electron chi connectivity index (χ2n) is 7.77. The Morgan fingerprint density at radius 3 is 1.79 bits per heavy atom. The van der Waals surface area contributed by atoms with Gasteiger partial charge < -0.3 is 19.4 Å². The highest BCUT2D eigenvalue weighted by Gasteiger charge is 2.27. The van der Waals surface area contributed by atoms with Crippen molar-refractivity contribution in [3.05, 3.63) is 0 Å². The third-order valence-corrected chi connectivity index (χ3v) is 5.83. The Labute approximate surface area is 169 Å². The molecule has 1 aliphatic heterocycles. The van der Waals surface area contributed by atoms with Gasteiger partial charge in [0.15, 0.2) is 0 Å². The zero-order valence-corrected chi connectivity index (χ0v) is 18.1. The monoisotopic (exact) mass is 419 g/mol. The van der Waals surface area contributed by atoms with Crippen LogP contribution in [-0.2, 0) is 18.7 Å². The van der Waals surface area contributed by atoms with Crippen LogP contribution in [0.2, 0.25) is 0 Å². The molecule has 28 heavy (non-hydrogen) atoms. The number of hydrogen-bond acceptors (Lipinski definition) is 4. The average molecular weight is 419 g/mol. The van der Waals surface area contributed by atoms with Gasteiger partial charge in [-0.1, -0.05) is 64.2 Å². The minimum atomic E-state index is -2.92. The van der Waals surface area contributed by atoms with E-state index in [0.29, 0.717) is 32.4 Å². The van der Waals surface area contributed by atoms with E-state index in [1.54, 1.807) is 4.90 Å². The highest BCUT2D eigenvalue weighted by Crippen LogP contribution is 2.24. The van der Waals surface area contributed by atoms with Gasteiger partial charge in [0.25, 0.3) is 0 Å². The third-order valence-electron chi connectivity index (χ3n) is 5.30. The lowest BCUT2D eigenvalue weighted by Crippen LogP contribution is -2.29. The Morgan fingerprint density at radius 2 is 1.32 bits per heavy atom. The number of carbonyl (C=O) groups excluding carboxylic acids is 1. The Morgan fingerprint density at radius 1 is 0.857 bits per heavy atom. The molecule has 0 radical (unpaired) electrons. The van der Waals surface area contributed by atoms with Gasteiger partial charge in [-0.3, -0.25) is 14.2 Å². The summed E-state index contributed by atoms with van der Waals surface area (Å²) in [6.07, 6.45) is 14.8.